The molecule has 1 atom stereocenters. The Balaban J connectivity index is 1.90. The quantitative estimate of drug-likeness (QED) is 0.416. The van der Waals surface area contributed by atoms with Crippen LogP contribution in [0.3, 0.4) is 0 Å². The van der Waals surface area contributed by atoms with Gasteiger partial charge in [-0.25, -0.2) is 0 Å². The third kappa shape index (κ3) is 3.24. The highest BCUT2D eigenvalue weighted by atomic mass is 32.4. The molecule has 0 N–H and O–H groups in total. The summed E-state index contributed by atoms with van der Waals surface area (Å²) < 4.78 is 9.85. The van der Waals surface area contributed by atoms with Crippen LogP contribution < -0.4 is 19.4 Å². The van der Waals surface area contributed by atoms with Crippen molar-refractivity contribution in [1.29, 1.82) is 0 Å². The van der Waals surface area contributed by atoms with Crippen molar-refractivity contribution in [2.75, 3.05) is 23.0 Å². The average Bonchev–Trinajstić information content (AvgIpc) is 3.01. The zero-order valence-corrected chi connectivity index (χ0v) is 18.3. The van der Waals surface area contributed by atoms with Gasteiger partial charge in [0.25, 0.3) is 0 Å². The van der Waals surface area contributed by atoms with Crippen LogP contribution >= 0.6 is 18.6 Å². The first kappa shape index (κ1) is 19.1. The number of para-hydroxylation sites is 1. The summed E-state index contributed by atoms with van der Waals surface area (Å²) in [6.45, 7) is 2.72. The Labute approximate surface area is 176 Å². The first-order valence-corrected chi connectivity index (χ1v) is 12.1. The first-order chi connectivity index (χ1) is 13.5. The summed E-state index contributed by atoms with van der Waals surface area (Å²) in [5.41, 5.74) is 3.36. The zero-order valence-electron chi connectivity index (χ0n) is 15.8. The highest BCUT2D eigenvalue weighted by molar-refractivity contribution is 8.20. The molecule has 6 heteroatoms. The van der Waals surface area contributed by atoms with Gasteiger partial charge in [0.1, 0.15) is 10.7 Å². The molecule has 3 aromatic rings. The van der Waals surface area contributed by atoms with Crippen molar-refractivity contribution in [2.24, 2.45) is 0 Å². The second-order valence-corrected chi connectivity index (χ2v) is 11.2. The van der Waals surface area contributed by atoms with Gasteiger partial charge in [-0.2, -0.15) is 0 Å². The maximum absolute atomic E-state index is 6.46. The van der Waals surface area contributed by atoms with Crippen LogP contribution in [0.4, 0.5) is 11.4 Å². The van der Waals surface area contributed by atoms with Crippen LogP contribution in [0.2, 0.25) is 0 Å². The summed E-state index contributed by atoms with van der Waals surface area (Å²) in [7, 11) is 1.67. The molecule has 1 saturated heterocycles. The summed E-state index contributed by atoms with van der Waals surface area (Å²) in [5, 5.41) is 1.09. The minimum atomic E-state index is -2.38. The summed E-state index contributed by atoms with van der Waals surface area (Å²) in [4.78, 5) is 0.854. The maximum atomic E-state index is 6.46. The SMILES string of the molecule is COc1ccc(P2(=S)N(c3ccccc3)CC(=S)N2c2ccc(C)cc2)cc1. The Morgan fingerprint density at radius 3 is 2.11 bits per heavy atom. The molecule has 4 rings (SSSR count). The minimum absolute atomic E-state index is 0.635. The fourth-order valence-electron chi connectivity index (χ4n) is 3.42. The molecule has 3 aromatic carbocycles. The maximum Gasteiger partial charge on any atom is 0.158 e. The normalized spacial score (nSPS) is 19.1. The van der Waals surface area contributed by atoms with Gasteiger partial charge in [-0.3, -0.25) is 4.67 Å². The molecule has 28 heavy (non-hydrogen) atoms. The van der Waals surface area contributed by atoms with Crippen molar-refractivity contribution in [3.8, 4) is 5.75 Å². The highest BCUT2D eigenvalue weighted by Crippen LogP contribution is 2.60. The molecule has 3 nitrogen and oxygen atoms in total. The van der Waals surface area contributed by atoms with Crippen molar-refractivity contribution in [3.05, 3.63) is 84.4 Å². The Morgan fingerprint density at radius 2 is 1.50 bits per heavy atom. The second-order valence-electron chi connectivity index (χ2n) is 6.68. The molecule has 0 radical (unpaired) electrons. The Bertz CT molecular complexity index is 1040. The van der Waals surface area contributed by atoms with Gasteiger partial charge in [0.15, 0.2) is 6.34 Å². The molecule has 0 spiro atoms. The Morgan fingerprint density at radius 1 is 0.857 bits per heavy atom. The molecule has 1 fully saturated rings. The summed E-state index contributed by atoms with van der Waals surface area (Å²) in [5.74, 6) is 0.820. The molecule has 0 amide bonds. The van der Waals surface area contributed by atoms with E-state index in [4.69, 9.17) is 28.8 Å². The summed E-state index contributed by atoms with van der Waals surface area (Å²) in [6, 6.07) is 26.8. The van der Waals surface area contributed by atoms with Gasteiger partial charge in [0.05, 0.1) is 13.7 Å². The van der Waals surface area contributed by atoms with Crippen molar-refractivity contribution in [3.63, 3.8) is 0 Å². The third-order valence-electron chi connectivity index (χ3n) is 4.86. The molecule has 0 saturated carbocycles. The van der Waals surface area contributed by atoms with E-state index in [1.54, 1.807) is 7.11 Å². The van der Waals surface area contributed by atoms with Crippen molar-refractivity contribution in [1.82, 2.24) is 0 Å². The number of nitrogens with zero attached hydrogens (tertiary/aromatic N) is 2. The van der Waals surface area contributed by atoms with Crippen LogP contribution in [0, 0.1) is 6.92 Å². The lowest BCUT2D eigenvalue weighted by Gasteiger charge is -2.36. The van der Waals surface area contributed by atoms with Crippen molar-refractivity contribution in [2.45, 2.75) is 6.92 Å². The summed E-state index contributed by atoms with van der Waals surface area (Å²) in [6.07, 6.45) is -2.38. The van der Waals surface area contributed by atoms with Gasteiger partial charge in [0.2, 0.25) is 0 Å². The number of benzene rings is 3. The number of ether oxygens (including phenoxy) is 1. The third-order valence-corrected chi connectivity index (χ3v) is 10.0. The van der Waals surface area contributed by atoms with Crippen LogP contribution in [0.25, 0.3) is 0 Å². The predicted octanol–water partition coefficient (Wildman–Crippen LogP) is 5.29. The molecule has 1 unspecified atom stereocenters. The van der Waals surface area contributed by atoms with E-state index in [1.807, 2.05) is 30.3 Å². The van der Waals surface area contributed by atoms with E-state index in [2.05, 4.69) is 64.8 Å². The van der Waals surface area contributed by atoms with E-state index >= 15 is 0 Å². The molecular weight excluding hydrogens is 403 g/mol. The van der Waals surface area contributed by atoms with Crippen LogP contribution in [-0.4, -0.2) is 18.6 Å². The molecule has 0 aromatic heterocycles. The largest absolute Gasteiger partial charge is 0.497 e. The lowest BCUT2D eigenvalue weighted by atomic mass is 10.2. The predicted molar refractivity (Wildman–Crippen MR) is 127 cm³/mol. The first-order valence-electron chi connectivity index (χ1n) is 9.02. The lowest BCUT2D eigenvalue weighted by molar-refractivity contribution is 0.415. The molecule has 0 aliphatic carbocycles. The minimum Gasteiger partial charge on any atom is -0.497 e. The van der Waals surface area contributed by atoms with Gasteiger partial charge >= 0.3 is 0 Å². The fourth-order valence-corrected chi connectivity index (χ4v) is 8.50. The van der Waals surface area contributed by atoms with Gasteiger partial charge < -0.3 is 9.41 Å². The molecule has 1 aliphatic rings. The number of hydrogen-bond acceptors (Lipinski definition) is 3. The molecule has 1 heterocycles. The molecule has 1 aliphatic heterocycles. The smallest absolute Gasteiger partial charge is 0.158 e. The van der Waals surface area contributed by atoms with E-state index in [-0.39, 0.29) is 0 Å². The second kappa shape index (κ2) is 7.67. The zero-order chi connectivity index (χ0) is 19.7. The van der Waals surface area contributed by atoms with Crippen molar-refractivity contribution >= 4 is 52.0 Å². The Hall–Kier alpha value is -2.20. The van der Waals surface area contributed by atoms with Gasteiger partial charge in [-0.1, -0.05) is 48.1 Å². The monoisotopic (exact) mass is 424 g/mol. The van der Waals surface area contributed by atoms with E-state index < -0.39 is 6.34 Å². The van der Waals surface area contributed by atoms with Gasteiger partial charge in [-0.15, -0.1) is 0 Å². The Kier molecular flexibility index (Phi) is 5.24. The fraction of sp³-hybridized carbons (Fsp3) is 0.136. The lowest BCUT2D eigenvalue weighted by Crippen LogP contribution is -2.27. The van der Waals surface area contributed by atoms with E-state index in [0.717, 1.165) is 27.4 Å². The van der Waals surface area contributed by atoms with Crippen LogP contribution in [-0.2, 0) is 11.8 Å². The van der Waals surface area contributed by atoms with Crippen LogP contribution in [0.15, 0.2) is 78.9 Å². The molecule has 0 bridgehead atoms. The number of anilines is 2. The van der Waals surface area contributed by atoms with Gasteiger partial charge in [0, 0.05) is 16.7 Å². The molecule has 142 valence electrons. The number of thiocarbonyl (C=S) groups is 1. The van der Waals surface area contributed by atoms with Crippen LogP contribution in [0.1, 0.15) is 5.56 Å². The van der Waals surface area contributed by atoms with Crippen molar-refractivity contribution < 1.29 is 4.74 Å². The standard InChI is InChI=1S/C22H21N2OPS2/c1-17-8-10-19(11-9-17)24-22(27)16-23(18-6-4-3-5-7-18)26(24,28)21-14-12-20(25-2)13-15-21/h3-15H,16H2,1-2H3. The average molecular weight is 425 g/mol. The topological polar surface area (TPSA) is 15.7 Å². The number of aryl methyl sites for hydroxylation is 1. The van der Waals surface area contributed by atoms with Crippen LogP contribution in [0.5, 0.6) is 5.75 Å². The van der Waals surface area contributed by atoms with E-state index in [1.165, 1.54) is 5.56 Å². The number of methoxy groups -OCH3 is 1. The number of rotatable bonds is 4. The highest BCUT2D eigenvalue weighted by Gasteiger charge is 2.43. The van der Waals surface area contributed by atoms with E-state index in [9.17, 15) is 0 Å². The number of hydrogen-bond donors (Lipinski definition) is 0. The molecular formula is C22H21N2OPS2. The van der Waals surface area contributed by atoms with Gasteiger partial charge in [-0.05, 0) is 67.3 Å². The van der Waals surface area contributed by atoms with E-state index in [0.29, 0.717) is 6.54 Å². The summed E-state index contributed by atoms with van der Waals surface area (Å²) >= 11 is 12.3.